The fraction of sp³-hybridized carbons (Fsp3) is 0.375. The van der Waals surface area contributed by atoms with Gasteiger partial charge in [-0.2, -0.15) is 16.8 Å². The van der Waals surface area contributed by atoms with Gasteiger partial charge in [-0.15, -0.1) is 0 Å². The van der Waals surface area contributed by atoms with Crippen LogP contribution in [0.4, 0.5) is 0 Å². The topological polar surface area (TPSA) is 131 Å². The summed E-state index contributed by atoms with van der Waals surface area (Å²) in [6.45, 7) is 0. The average molecular weight is 297 g/mol. The van der Waals surface area contributed by atoms with Crippen LogP contribution in [-0.4, -0.2) is 36.7 Å². The van der Waals surface area contributed by atoms with E-state index in [-0.39, 0.29) is 24.3 Å². The van der Waals surface area contributed by atoms with Crippen molar-refractivity contribution >= 4 is 20.5 Å². The monoisotopic (exact) mass is 297 g/mol. The van der Waals surface area contributed by atoms with Crippen LogP contribution in [0.2, 0.25) is 0 Å². The molecule has 18 heavy (non-hydrogen) atoms. The molecule has 1 heterocycles. The zero-order valence-corrected chi connectivity index (χ0v) is 10.7. The molecule has 0 aromatic carbocycles. The predicted octanol–water partition coefficient (Wildman–Crippen LogP) is 0.0836. The van der Waals surface area contributed by atoms with E-state index in [1.54, 1.807) is 0 Å². The number of hydrogen-bond acceptors (Lipinski definition) is 6. The first-order chi connectivity index (χ1) is 8.17. The third kappa shape index (κ3) is 5.91. The van der Waals surface area contributed by atoms with Crippen molar-refractivity contribution in [2.45, 2.75) is 12.8 Å². The molecule has 0 fully saturated rings. The van der Waals surface area contributed by atoms with Crippen LogP contribution in [0.3, 0.4) is 0 Å². The van der Waals surface area contributed by atoms with E-state index >= 15 is 0 Å². The lowest BCUT2D eigenvalue weighted by atomic mass is 10.2. The van der Waals surface area contributed by atoms with Crippen LogP contribution in [0.15, 0.2) is 18.3 Å². The molecule has 102 valence electrons. The smallest absolute Gasteiger partial charge is 0.360 e. The molecule has 0 aliphatic carbocycles. The Morgan fingerprint density at radius 3 is 2.44 bits per heavy atom. The third-order valence-electron chi connectivity index (χ3n) is 1.86. The maximum atomic E-state index is 10.6. The number of pyridine rings is 1. The van der Waals surface area contributed by atoms with E-state index in [0.717, 1.165) is 0 Å². The Kier molecular flexibility index (Phi) is 4.62. The Bertz CT molecular complexity index is 608. The van der Waals surface area contributed by atoms with Crippen molar-refractivity contribution in [3.05, 3.63) is 24.0 Å². The van der Waals surface area contributed by atoms with E-state index in [1.165, 1.54) is 18.3 Å². The molecule has 0 saturated heterocycles. The Morgan fingerprint density at radius 2 is 1.89 bits per heavy atom. The van der Waals surface area contributed by atoms with Gasteiger partial charge in [-0.25, -0.2) is 0 Å². The van der Waals surface area contributed by atoms with Gasteiger partial charge < -0.3 is 4.18 Å². The quantitative estimate of drug-likeness (QED) is 0.706. The van der Waals surface area contributed by atoms with Crippen molar-refractivity contribution in [3.63, 3.8) is 0 Å². The van der Waals surface area contributed by atoms with Gasteiger partial charge in [0.1, 0.15) is 0 Å². The fourth-order valence-corrected chi connectivity index (χ4v) is 2.11. The highest BCUT2D eigenvalue weighted by Crippen LogP contribution is 2.18. The summed E-state index contributed by atoms with van der Waals surface area (Å²) >= 11 is 0. The molecule has 0 unspecified atom stereocenters. The van der Waals surface area contributed by atoms with Gasteiger partial charge in [-0.05, 0) is 25.0 Å². The number of rotatable bonds is 6. The SMILES string of the molecule is O=S(=O)(O)CCCc1ncccc1OS(=O)(=O)O. The molecule has 8 nitrogen and oxygen atoms in total. The minimum atomic E-state index is -4.66. The summed E-state index contributed by atoms with van der Waals surface area (Å²) in [7, 11) is -8.74. The van der Waals surface area contributed by atoms with Crippen molar-refractivity contribution in [3.8, 4) is 5.75 Å². The number of aromatic nitrogens is 1. The lowest BCUT2D eigenvalue weighted by Crippen LogP contribution is -2.10. The van der Waals surface area contributed by atoms with Gasteiger partial charge in [0, 0.05) is 6.20 Å². The third-order valence-corrected chi connectivity index (χ3v) is 3.05. The van der Waals surface area contributed by atoms with Gasteiger partial charge in [0.25, 0.3) is 10.1 Å². The molecule has 0 bridgehead atoms. The lowest BCUT2D eigenvalue weighted by molar-refractivity contribution is 0.384. The molecular formula is C8H11NO7S2. The number of nitrogens with zero attached hydrogens (tertiary/aromatic N) is 1. The zero-order chi connectivity index (χ0) is 13.8. The van der Waals surface area contributed by atoms with Crippen LogP contribution in [0, 0.1) is 0 Å². The molecule has 1 aromatic heterocycles. The second-order valence-electron chi connectivity index (χ2n) is 3.35. The minimum absolute atomic E-state index is 0.0394. The van der Waals surface area contributed by atoms with Crippen LogP contribution in [0.25, 0.3) is 0 Å². The highest BCUT2D eigenvalue weighted by Gasteiger charge is 2.13. The molecule has 10 heteroatoms. The summed E-state index contributed by atoms with van der Waals surface area (Å²) in [5.41, 5.74) is 0.166. The van der Waals surface area contributed by atoms with E-state index in [1.807, 2.05) is 0 Å². The van der Waals surface area contributed by atoms with Gasteiger partial charge in [-0.3, -0.25) is 14.1 Å². The van der Waals surface area contributed by atoms with Gasteiger partial charge >= 0.3 is 10.4 Å². The Hall–Kier alpha value is -1.23. The second-order valence-corrected chi connectivity index (χ2v) is 5.94. The largest absolute Gasteiger partial charge is 0.446 e. The van der Waals surface area contributed by atoms with Crippen molar-refractivity contribution in [2.75, 3.05) is 5.75 Å². The Morgan fingerprint density at radius 1 is 1.22 bits per heavy atom. The van der Waals surface area contributed by atoms with Crippen molar-refractivity contribution in [2.24, 2.45) is 0 Å². The Labute approximate surface area is 104 Å². The number of aryl methyl sites for hydroxylation is 1. The summed E-state index contributed by atoms with van der Waals surface area (Å²) in [4.78, 5) is 3.81. The van der Waals surface area contributed by atoms with Crippen LogP contribution in [0.1, 0.15) is 12.1 Å². The standard InChI is InChI=1S/C8H11NO7S2/c10-17(11,12)6-2-3-7-8(4-1-5-9-7)16-18(13,14)15/h1,4-5H,2-3,6H2,(H,10,11,12)(H,13,14,15). The molecule has 0 atom stereocenters. The van der Waals surface area contributed by atoms with Crippen LogP contribution in [0.5, 0.6) is 5.75 Å². The summed E-state index contributed by atoms with van der Waals surface area (Å²) in [6.07, 6.45) is 1.47. The summed E-state index contributed by atoms with van der Waals surface area (Å²) < 4.78 is 63.5. The van der Waals surface area contributed by atoms with Crippen molar-refractivity contribution < 1.29 is 30.1 Å². The van der Waals surface area contributed by atoms with Crippen LogP contribution in [-0.2, 0) is 26.9 Å². The van der Waals surface area contributed by atoms with E-state index in [4.69, 9.17) is 9.11 Å². The normalized spacial score (nSPS) is 12.3. The summed E-state index contributed by atoms with van der Waals surface area (Å²) in [6, 6.07) is 2.66. The summed E-state index contributed by atoms with van der Waals surface area (Å²) in [5.74, 6) is -0.662. The van der Waals surface area contributed by atoms with Gasteiger partial charge in [0.05, 0.1) is 11.4 Å². The van der Waals surface area contributed by atoms with Crippen molar-refractivity contribution in [1.29, 1.82) is 0 Å². The first-order valence-corrected chi connectivity index (χ1v) is 7.71. The second kappa shape index (κ2) is 5.61. The zero-order valence-electron chi connectivity index (χ0n) is 9.05. The van der Waals surface area contributed by atoms with E-state index < -0.39 is 26.3 Å². The summed E-state index contributed by atoms with van der Waals surface area (Å²) in [5, 5.41) is 0. The van der Waals surface area contributed by atoms with E-state index in [0.29, 0.717) is 0 Å². The molecule has 2 N–H and O–H groups in total. The minimum Gasteiger partial charge on any atom is -0.360 e. The maximum Gasteiger partial charge on any atom is 0.446 e. The molecule has 1 rings (SSSR count). The van der Waals surface area contributed by atoms with Gasteiger partial charge in [0.2, 0.25) is 0 Å². The maximum absolute atomic E-state index is 10.6. The molecule has 0 aliphatic rings. The molecule has 0 spiro atoms. The first-order valence-electron chi connectivity index (χ1n) is 4.73. The molecule has 0 radical (unpaired) electrons. The molecule has 0 aliphatic heterocycles. The predicted molar refractivity (Wildman–Crippen MR) is 61.2 cm³/mol. The van der Waals surface area contributed by atoms with Crippen LogP contribution >= 0.6 is 0 Å². The molecule has 0 amide bonds. The van der Waals surface area contributed by atoms with E-state index in [2.05, 4.69) is 9.17 Å². The fourth-order valence-electron chi connectivity index (χ4n) is 1.22. The molecule has 0 saturated carbocycles. The lowest BCUT2D eigenvalue weighted by Gasteiger charge is -2.06. The van der Waals surface area contributed by atoms with Gasteiger partial charge in [0.15, 0.2) is 5.75 Å². The highest BCUT2D eigenvalue weighted by atomic mass is 32.3. The molecular weight excluding hydrogens is 286 g/mol. The van der Waals surface area contributed by atoms with Gasteiger partial charge in [-0.1, -0.05) is 0 Å². The molecule has 1 aromatic rings. The van der Waals surface area contributed by atoms with Crippen molar-refractivity contribution in [1.82, 2.24) is 4.98 Å². The van der Waals surface area contributed by atoms with Crippen LogP contribution < -0.4 is 4.18 Å². The van der Waals surface area contributed by atoms with E-state index in [9.17, 15) is 16.8 Å². The Balaban J connectivity index is 2.77. The first kappa shape index (κ1) is 14.8. The average Bonchev–Trinajstić information content (AvgIpc) is 2.16. The highest BCUT2D eigenvalue weighted by molar-refractivity contribution is 7.85. The number of hydrogen-bond donors (Lipinski definition) is 2.